The first kappa shape index (κ1) is 24.7. The van der Waals surface area contributed by atoms with Crippen LogP contribution in [0.1, 0.15) is 91.9 Å². The molecule has 10 atom stereocenters. The average Bonchev–Trinajstić information content (AvgIpc) is 3.03. The van der Waals surface area contributed by atoms with Gasteiger partial charge in [-0.05, 0) is 117 Å². The van der Waals surface area contributed by atoms with Gasteiger partial charge in [0.25, 0.3) is 10.1 Å². The minimum Gasteiger partial charge on any atom is -0.393 e. The van der Waals surface area contributed by atoms with Gasteiger partial charge in [-0.3, -0.25) is 4.55 Å². The normalized spacial score (nSPS) is 47.2. The molecule has 4 saturated carbocycles. The molecule has 4 aliphatic rings. The highest BCUT2D eigenvalue weighted by molar-refractivity contribution is 7.85. The van der Waals surface area contributed by atoms with E-state index in [4.69, 9.17) is 0 Å². The zero-order valence-corrected chi connectivity index (χ0v) is 21.2. The zero-order valence-electron chi connectivity index (χ0n) is 20.4. The van der Waals surface area contributed by atoms with Crippen LogP contribution in [-0.4, -0.2) is 35.7 Å². The SMILES string of the molecule is CC(=O)CC[C@@H](C)[C@H]1CC[C@H]2[C@@H]3C(CS(=O)(=O)O)C[C@@H]4C[C@H](O)CC[C@]4(C)[C@H]3CC[C@]12C. The summed E-state index contributed by atoms with van der Waals surface area (Å²) < 4.78 is 33.9. The molecule has 32 heavy (non-hydrogen) atoms. The van der Waals surface area contributed by atoms with Crippen molar-refractivity contribution in [1.29, 1.82) is 0 Å². The molecular weight excluding hydrogens is 424 g/mol. The molecule has 0 aromatic rings. The summed E-state index contributed by atoms with van der Waals surface area (Å²) in [4.78, 5) is 11.6. The first-order chi connectivity index (χ1) is 14.8. The van der Waals surface area contributed by atoms with Crippen molar-refractivity contribution in [1.82, 2.24) is 0 Å². The number of rotatable bonds is 6. The molecule has 4 fully saturated rings. The van der Waals surface area contributed by atoms with E-state index in [2.05, 4.69) is 20.8 Å². The summed E-state index contributed by atoms with van der Waals surface area (Å²) >= 11 is 0. The van der Waals surface area contributed by atoms with Crippen molar-refractivity contribution in [3.63, 3.8) is 0 Å². The number of ketones is 1. The molecule has 0 radical (unpaired) electrons. The highest BCUT2D eigenvalue weighted by Gasteiger charge is 2.63. The molecule has 6 heteroatoms. The van der Waals surface area contributed by atoms with Crippen molar-refractivity contribution < 1.29 is 22.9 Å². The zero-order chi connectivity index (χ0) is 23.5. The standard InChI is InChI=1S/C26H44O5S/c1-16(5-6-17(2)27)21-7-8-22-24-18(15-32(29,30)31)13-19-14-20(28)9-11-25(19,3)23(24)10-12-26(21,22)4/h16,18-24,28H,5-15H2,1-4H3,(H,29,30,31)/t16-,18?,19-,20-,21-,22+,23+,24+,25+,26-/m1/s1. The van der Waals surface area contributed by atoms with Crippen molar-refractivity contribution in [2.75, 3.05) is 5.75 Å². The Bertz CT molecular complexity index is 824. The number of aliphatic hydroxyl groups excluding tert-OH is 1. The lowest BCUT2D eigenvalue weighted by Gasteiger charge is -2.63. The molecule has 0 saturated heterocycles. The van der Waals surface area contributed by atoms with E-state index in [1.807, 2.05) is 0 Å². The largest absolute Gasteiger partial charge is 0.393 e. The fourth-order valence-electron chi connectivity index (χ4n) is 9.45. The molecule has 5 nitrogen and oxygen atoms in total. The van der Waals surface area contributed by atoms with E-state index in [1.165, 1.54) is 12.8 Å². The Kier molecular flexibility index (Phi) is 6.66. The van der Waals surface area contributed by atoms with Gasteiger partial charge in [-0.2, -0.15) is 8.42 Å². The molecule has 0 aromatic heterocycles. The van der Waals surface area contributed by atoms with E-state index >= 15 is 0 Å². The molecule has 0 aromatic carbocycles. The lowest BCUT2D eigenvalue weighted by molar-refractivity contribution is -0.149. The number of hydrogen-bond donors (Lipinski definition) is 2. The van der Waals surface area contributed by atoms with Crippen molar-refractivity contribution in [2.24, 2.45) is 52.3 Å². The predicted octanol–water partition coefficient (Wildman–Crippen LogP) is 5.13. The summed E-state index contributed by atoms with van der Waals surface area (Å²) in [6, 6.07) is 0. The third-order valence-electron chi connectivity index (χ3n) is 11.0. The van der Waals surface area contributed by atoms with E-state index in [-0.39, 0.29) is 34.4 Å². The van der Waals surface area contributed by atoms with Gasteiger partial charge in [-0.15, -0.1) is 0 Å². The molecule has 4 aliphatic carbocycles. The van der Waals surface area contributed by atoms with Gasteiger partial charge < -0.3 is 9.90 Å². The van der Waals surface area contributed by atoms with Crippen molar-refractivity contribution >= 4 is 15.9 Å². The van der Waals surface area contributed by atoms with Gasteiger partial charge in [0.05, 0.1) is 11.9 Å². The summed E-state index contributed by atoms with van der Waals surface area (Å²) in [6.07, 6.45) is 9.39. The quantitative estimate of drug-likeness (QED) is 0.528. The van der Waals surface area contributed by atoms with Crippen LogP contribution < -0.4 is 0 Å². The third-order valence-corrected chi connectivity index (χ3v) is 11.8. The maximum absolute atomic E-state index is 12.0. The van der Waals surface area contributed by atoms with Crippen LogP contribution in [0.4, 0.5) is 0 Å². The molecule has 0 heterocycles. The van der Waals surface area contributed by atoms with Gasteiger partial charge in [0.15, 0.2) is 0 Å². The minimum absolute atomic E-state index is 0.0192. The first-order valence-electron chi connectivity index (χ1n) is 13.0. The second-order valence-electron chi connectivity index (χ2n) is 12.6. The van der Waals surface area contributed by atoms with E-state index in [0.717, 1.165) is 44.9 Å². The summed E-state index contributed by atoms with van der Waals surface area (Å²) in [7, 11) is -4.04. The van der Waals surface area contributed by atoms with Crippen LogP contribution in [-0.2, 0) is 14.9 Å². The molecule has 0 amide bonds. The molecular formula is C26H44O5S. The maximum atomic E-state index is 12.0. The topological polar surface area (TPSA) is 91.7 Å². The number of fused-ring (bicyclic) bond motifs is 5. The lowest BCUT2D eigenvalue weighted by Crippen LogP contribution is -2.58. The maximum Gasteiger partial charge on any atom is 0.265 e. The van der Waals surface area contributed by atoms with Gasteiger partial charge in [-0.25, -0.2) is 0 Å². The van der Waals surface area contributed by atoms with Crippen molar-refractivity contribution in [2.45, 2.75) is 98.0 Å². The average molecular weight is 469 g/mol. The smallest absolute Gasteiger partial charge is 0.265 e. The predicted molar refractivity (Wildman–Crippen MR) is 126 cm³/mol. The molecule has 0 aliphatic heterocycles. The third kappa shape index (κ3) is 4.33. The van der Waals surface area contributed by atoms with Crippen LogP contribution in [0.15, 0.2) is 0 Å². The Balaban J connectivity index is 1.64. The van der Waals surface area contributed by atoms with E-state index in [0.29, 0.717) is 41.9 Å². The Morgan fingerprint density at radius 2 is 1.69 bits per heavy atom. The minimum atomic E-state index is -4.04. The van der Waals surface area contributed by atoms with Gasteiger partial charge in [-0.1, -0.05) is 20.8 Å². The number of Topliss-reactive ketones (excluding diaryl/α,β-unsaturated/α-hetero) is 1. The van der Waals surface area contributed by atoms with E-state index in [1.54, 1.807) is 6.92 Å². The fraction of sp³-hybridized carbons (Fsp3) is 0.962. The van der Waals surface area contributed by atoms with Gasteiger partial charge >= 0.3 is 0 Å². The first-order valence-corrected chi connectivity index (χ1v) is 14.6. The van der Waals surface area contributed by atoms with E-state index < -0.39 is 10.1 Å². The number of aliphatic hydroxyl groups is 1. The summed E-state index contributed by atoms with van der Waals surface area (Å²) in [6.45, 7) is 8.84. The monoisotopic (exact) mass is 468 g/mol. The Morgan fingerprint density at radius 3 is 2.34 bits per heavy atom. The summed E-state index contributed by atoms with van der Waals surface area (Å²) in [5, 5.41) is 10.4. The van der Waals surface area contributed by atoms with Crippen LogP contribution >= 0.6 is 0 Å². The fourth-order valence-corrected chi connectivity index (χ4v) is 10.4. The summed E-state index contributed by atoms with van der Waals surface area (Å²) in [5.41, 5.74) is 0.353. The highest BCUT2D eigenvalue weighted by atomic mass is 32.2. The summed E-state index contributed by atoms with van der Waals surface area (Å²) in [5.74, 6) is 2.84. The van der Waals surface area contributed by atoms with Gasteiger partial charge in [0.2, 0.25) is 0 Å². The van der Waals surface area contributed by atoms with Crippen LogP contribution in [0.3, 0.4) is 0 Å². The van der Waals surface area contributed by atoms with Crippen LogP contribution in [0.25, 0.3) is 0 Å². The highest BCUT2D eigenvalue weighted by Crippen LogP contribution is 2.69. The second-order valence-corrected chi connectivity index (χ2v) is 14.1. The van der Waals surface area contributed by atoms with Crippen molar-refractivity contribution in [3.05, 3.63) is 0 Å². The molecule has 0 bridgehead atoms. The van der Waals surface area contributed by atoms with Gasteiger partial charge in [0.1, 0.15) is 5.78 Å². The van der Waals surface area contributed by atoms with Crippen LogP contribution in [0.5, 0.6) is 0 Å². The Labute approximate surface area is 194 Å². The van der Waals surface area contributed by atoms with E-state index in [9.17, 15) is 22.9 Å². The molecule has 0 spiro atoms. The molecule has 184 valence electrons. The number of hydrogen-bond acceptors (Lipinski definition) is 4. The Morgan fingerprint density at radius 1 is 1.03 bits per heavy atom. The lowest BCUT2D eigenvalue weighted by atomic mass is 9.42. The molecule has 4 rings (SSSR count). The van der Waals surface area contributed by atoms with Crippen molar-refractivity contribution in [3.8, 4) is 0 Å². The molecule has 2 N–H and O–H groups in total. The Hall–Kier alpha value is -0.460. The second kappa shape index (κ2) is 8.64. The molecule has 1 unspecified atom stereocenters. The van der Waals surface area contributed by atoms with Crippen LogP contribution in [0, 0.1) is 52.3 Å². The van der Waals surface area contributed by atoms with Gasteiger partial charge in [0, 0.05) is 6.42 Å². The number of carbonyl (C=O) groups excluding carboxylic acids is 1. The van der Waals surface area contributed by atoms with Crippen LogP contribution in [0.2, 0.25) is 0 Å². The number of carbonyl (C=O) groups is 1.